The van der Waals surface area contributed by atoms with Crippen LogP contribution in [0, 0.1) is 0 Å². The lowest BCUT2D eigenvalue weighted by molar-refractivity contribution is 0.798. The van der Waals surface area contributed by atoms with Crippen molar-refractivity contribution in [2.45, 2.75) is 13.5 Å². The van der Waals surface area contributed by atoms with Gasteiger partial charge in [-0.3, -0.25) is 4.98 Å². The molecule has 2 aromatic heterocycles. The van der Waals surface area contributed by atoms with Crippen LogP contribution in [-0.4, -0.2) is 9.55 Å². The third-order valence-electron chi connectivity index (χ3n) is 4.04. The average Bonchev–Trinajstić information content (AvgIpc) is 2.96. The van der Waals surface area contributed by atoms with E-state index >= 15 is 0 Å². The van der Waals surface area contributed by atoms with Crippen molar-refractivity contribution in [1.29, 1.82) is 0 Å². The van der Waals surface area contributed by atoms with Gasteiger partial charge in [0.2, 0.25) is 0 Å². The van der Waals surface area contributed by atoms with Crippen molar-refractivity contribution in [2.24, 2.45) is 0 Å². The molecule has 0 N–H and O–H groups in total. The summed E-state index contributed by atoms with van der Waals surface area (Å²) in [5.74, 6) is 0. The van der Waals surface area contributed by atoms with Gasteiger partial charge in [-0.05, 0) is 42.1 Å². The van der Waals surface area contributed by atoms with Gasteiger partial charge in [0.1, 0.15) is 0 Å². The van der Waals surface area contributed by atoms with E-state index in [9.17, 15) is 0 Å². The molecule has 0 aliphatic carbocycles. The second-order valence-corrected chi connectivity index (χ2v) is 5.29. The van der Waals surface area contributed by atoms with E-state index in [1.54, 1.807) is 0 Å². The van der Waals surface area contributed by atoms with Gasteiger partial charge < -0.3 is 4.57 Å². The maximum atomic E-state index is 4.56. The smallest absolute Gasteiger partial charge is 0.0702 e. The predicted molar refractivity (Wildman–Crippen MR) is 88.3 cm³/mol. The minimum absolute atomic E-state index is 0.989. The number of para-hydroxylation sites is 1. The number of pyridine rings is 1. The molecule has 0 fully saturated rings. The molecule has 21 heavy (non-hydrogen) atoms. The molecule has 0 bridgehead atoms. The summed E-state index contributed by atoms with van der Waals surface area (Å²) in [5, 5.41) is 2.47. The minimum Gasteiger partial charge on any atom is -0.348 e. The first-order chi connectivity index (χ1) is 10.3. The predicted octanol–water partition coefficient (Wildman–Crippen LogP) is 4.88. The van der Waals surface area contributed by atoms with E-state index in [2.05, 4.69) is 65.1 Å². The maximum Gasteiger partial charge on any atom is 0.0702 e. The van der Waals surface area contributed by atoms with Gasteiger partial charge in [0.05, 0.1) is 5.52 Å². The van der Waals surface area contributed by atoms with Gasteiger partial charge in [0, 0.05) is 35.4 Å². The average molecular weight is 272 g/mol. The van der Waals surface area contributed by atoms with Gasteiger partial charge in [-0.25, -0.2) is 0 Å². The number of rotatable bonds is 2. The molecular weight excluding hydrogens is 256 g/mol. The summed E-state index contributed by atoms with van der Waals surface area (Å²) in [5.41, 5.74) is 4.70. The van der Waals surface area contributed by atoms with Crippen molar-refractivity contribution < 1.29 is 0 Å². The van der Waals surface area contributed by atoms with Gasteiger partial charge in [-0.15, -0.1) is 0 Å². The minimum atomic E-state index is 0.989. The van der Waals surface area contributed by atoms with Crippen molar-refractivity contribution in [3.05, 3.63) is 67.0 Å². The van der Waals surface area contributed by atoms with Crippen molar-refractivity contribution in [3.8, 4) is 11.1 Å². The molecule has 2 aromatic carbocycles. The summed E-state index contributed by atoms with van der Waals surface area (Å²) in [6.07, 6.45) is 4.11. The zero-order valence-electron chi connectivity index (χ0n) is 12.0. The first kappa shape index (κ1) is 12.2. The summed E-state index contributed by atoms with van der Waals surface area (Å²) in [6, 6.07) is 19.2. The lowest BCUT2D eigenvalue weighted by atomic mass is 10.0. The summed E-state index contributed by atoms with van der Waals surface area (Å²) >= 11 is 0. The molecule has 0 spiro atoms. The van der Waals surface area contributed by atoms with Crippen LogP contribution in [0.15, 0.2) is 67.0 Å². The molecule has 0 atom stereocenters. The summed E-state index contributed by atoms with van der Waals surface area (Å²) in [4.78, 5) is 4.56. The summed E-state index contributed by atoms with van der Waals surface area (Å²) in [7, 11) is 0. The Morgan fingerprint density at radius 1 is 0.905 bits per heavy atom. The van der Waals surface area contributed by atoms with Crippen molar-refractivity contribution in [1.82, 2.24) is 9.55 Å². The molecular formula is C19H16N2. The standard InChI is InChI=1S/C19H16N2/c1-2-21-10-9-14-7-8-15(12-19(14)21)17-11-16-5-3-4-6-18(16)20-13-17/h3-13H,2H2,1H3. The zero-order chi connectivity index (χ0) is 14.2. The van der Waals surface area contributed by atoms with E-state index in [4.69, 9.17) is 0 Å². The third-order valence-corrected chi connectivity index (χ3v) is 4.04. The van der Waals surface area contributed by atoms with E-state index in [-0.39, 0.29) is 0 Å². The van der Waals surface area contributed by atoms with Crippen molar-refractivity contribution in [3.63, 3.8) is 0 Å². The van der Waals surface area contributed by atoms with E-state index in [0.717, 1.165) is 12.1 Å². The Balaban J connectivity index is 1.90. The number of nitrogens with zero attached hydrogens (tertiary/aromatic N) is 2. The number of benzene rings is 2. The van der Waals surface area contributed by atoms with Crippen LogP contribution in [0.3, 0.4) is 0 Å². The van der Waals surface area contributed by atoms with Crippen LogP contribution in [-0.2, 0) is 6.54 Å². The monoisotopic (exact) mass is 272 g/mol. The topological polar surface area (TPSA) is 17.8 Å². The summed E-state index contributed by atoms with van der Waals surface area (Å²) < 4.78 is 2.27. The molecule has 2 nitrogen and oxygen atoms in total. The molecule has 2 heteroatoms. The first-order valence-corrected chi connectivity index (χ1v) is 7.29. The van der Waals surface area contributed by atoms with Crippen LogP contribution in [0.2, 0.25) is 0 Å². The molecule has 102 valence electrons. The van der Waals surface area contributed by atoms with E-state index in [1.807, 2.05) is 18.3 Å². The molecule has 0 amide bonds. The number of aromatic nitrogens is 2. The molecule has 2 heterocycles. The van der Waals surface area contributed by atoms with E-state index in [1.165, 1.54) is 27.4 Å². The molecule has 0 radical (unpaired) electrons. The third kappa shape index (κ3) is 2.00. The first-order valence-electron chi connectivity index (χ1n) is 7.29. The summed E-state index contributed by atoms with van der Waals surface area (Å²) in [6.45, 7) is 3.16. The Labute approximate surface area is 123 Å². The maximum absolute atomic E-state index is 4.56. The largest absolute Gasteiger partial charge is 0.348 e. The Hall–Kier alpha value is -2.61. The van der Waals surface area contributed by atoms with Gasteiger partial charge >= 0.3 is 0 Å². The number of hydrogen-bond donors (Lipinski definition) is 0. The molecule has 0 aliphatic heterocycles. The highest BCUT2D eigenvalue weighted by atomic mass is 14.9. The van der Waals surface area contributed by atoms with Crippen LogP contribution < -0.4 is 0 Å². The van der Waals surface area contributed by atoms with Gasteiger partial charge in [0.15, 0.2) is 0 Å². The molecule has 0 aliphatic rings. The van der Waals surface area contributed by atoms with Crippen LogP contribution in [0.25, 0.3) is 32.9 Å². The lowest BCUT2D eigenvalue weighted by Gasteiger charge is -2.06. The molecule has 0 saturated carbocycles. The molecule has 4 rings (SSSR count). The molecule has 4 aromatic rings. The fourth-order valence-corrected chi connectivity index (χ4v) is 2.87. The Kier molecular flexibility index (Phi) is 2.74. The second-order valence-electron chi connectivity index (χ2n) is 5.29. The normalized spacial score (nSPS) is 11.3. The SMILES string of the molecule is CCn1ccc2ccc(-c3cnc4ccccc4c3)cc21. The van der Waals surface area contributed by atoms with E-state index in [0.29, 0.717) is 0 Å². The van der Waals surface area contributed by atoms with Crippen molar-refractivity contribution in [2.75, 3.05) is 0 Å². The Bertz CT molecular complexity index is 935. The highest BCUT2D eigenvalue weighted by Crippen LogP contribution is 2.26. The fraction of sp³-hybridized carbons (Fsp3) is 0.105. The van der Waals surface area contributed by atoms with Gasteiger partial charge in [-0.2, -0.15) is 0 Å². The molecule has 0 saturated heterocycles. The second kappa shape index (κ2) is 4.74. The zero-order valence-corrected chi connectivity index (χ0v) is 12.0. The number of fused-ring (bicyclic) bond motifs is 2. The van der Waals surface area contributed by atoms with E-state index < -0.39 is 0 Å². The quantitative estimate of drug-likeness (QED) is 0.508. The number of aryl methyl sites for hydroxylation is 1. The van der Waals surface area contributed by atoms with Crippen LogP contribution in [0.1, 0.15) is 6.92 Å². The highest BCUT2D eigenvalue weighted by Gasteiger charge is 2.04. The van der Waals surface area contributed by atoms with Crippen LogP contribution in [0.4, 0.5) is 0 Å². The highest BCUT2D eigenvalue weighted by molar-refractivity contribution is 5.88. The van der Waals surface area contributed by atoms with Crippen LogP contribution >= 0.6 is 0 Å². The van der Waals surface area contributed by atoms with Crippen molar-refractivity contribution >= 4 is 21.8 Å². The number of hydrogen-bond acceptors (Lipinski definition) is 1. The molecule has 0 unspecified atom stereocenters. The lowest BCUT2D eigenvalue weighted by Crippen LogP contribution is -1.91. The fourth-order valence-electron chi connectivity index (χ4n) is 2.87. The Morgan fingerprint density at radius 3 is 2.71 bits per heavy atom. The van der Waals surface area contributed by atoms with Crippen LogP contribution in [0.5, 0.6) is 0 Å². The van der Waals surface area contributed by atoms with Gasteiger partial charge in [-0.1, -0.05) is 30.3 Å². The Morgan fingerprint density at radius 2 is 1.81 bits per heavy atom. The van der Waals surface area contributed by atoms with Gasteiger partial charge in [0.25, 0.3) is 0 Å².